The second-order valence-electron chi connectivity index (χ2n) is 9.60. The largest absolute Gasteiger partial charge is 0.207 e. The number of fused-ring (bicyclic) bond motifs is 6. The first-order valence-corrected chi connectivity index (χ1v) is 12.5. The van der Waals surface area contributed by atoms with Crippen molar-refractivity contribution in [2.45, 2.75) is 0 Å². The number of hydrogen-bond acceptors (Lipinski definition) is 4. The van der Waals surface area contributed by atoms with Crippen molar-refractivity contribution in [2.24, 2.45) is 9.98 Å². The van der Waals surface area contributed by atoms with Crippen molar-refractivity contribution in [1.29, 1.82) is 10.5 Å². The highest BCUT2D eigenvalue weighted by molar-refractivity contribution is 6.21. The maximum atomic E-state index is 13.5. The Morgan fingerprint density at radius 2 is 0.750 bits per heavy atom. The van der Waals surface area contributed by atoms with Gasteiger partial charge in [-0.1, -0.05) is 48.5 Å². The molecule has 7 aromatic rings. The SMILES string of the molecule is N#CN=c1c2cc(-c3ccc(F)cc3)ccc2c2cc3c(cc12)c(=NC#N)c1cc(-c2ccc(F)cc2)ccc13. The molecule has 0 saturated carbocycles. The normalized spacial score (nSPS) is 12.5. The molecular formula is C34H16F2N4. The maximum Gasteiger partial charge on any atom is 0.206 e. The Morgan fingerprint density at radius 3 is 1.15 bits per heavy atom. The molecule has 0 radical (unpaired) electrons. The van der Waals surface area contributed by atoms with Gasteiger partial charge >= 0.3 is 0 Å². The van der Waals surface area contributed by atoms with Gasteiger partial charge in [-0.15, -0.1) is 0 Å². The molecule has 40 heavy (non-hydrogen) atoms. The highest BCUT2D eigenvalue weighted by atomic mass is 19.1. The summed E-state index contributed by atoms with van der Waals surface area (Å²) >= 11 is 0. The first-order valence-electron chi connectivity index (χ1n) is 12.5. The zero-order valence-electron chi connectivity index (χ0n) is 20.8. The molecule has 0 aliphatic rings. The lowest BCUT2D eigenvalue weighted by Crippen LogP contribution is -2.00. The van der Waals surface area contributed by atoms with Gasteiger partial charge in [0.1, 0.15) is 11.6 Å². The fraction of sp³-hybridized carbons (Fsp3) is 0. The van der Waals surface area contributed by atoms with Gasteiger partial charge in [0.05, 0.1) is 10.7 Å². The summed E-state index contributed by atoms with van der Waals surface area (Å²) < 4.78 is 27.0. The van der Waals surface area contributed by atoms with Gasteiger partial charge in [0.25, 0.3) is 0 Å². The number of halogens is 2. The molecule has 186 valence electrons. The van der Waals surface area contributed by atoms with Crippen LogP contribution < -0.4 is 10.7 Å². The van der Waals surface area contributed by atoms with Gasteiger partial charge in [-0.05, 0) is 92.3 Å². The average molecular weight is 519 g/mol. The summed E-state index contributed by atoms with van der Waals surface area (Å²) in [5.74, 6) is -0.614. The van der Waals surface area contributed by atoms with Crippen LogP contribution in [-0.4, -0.2) is 0 Å². The van der Waals surface area contributed by atoms with E-state index in [2.05, 4.69) is 16.1 Å². The lowest BCUT2D eigenvalue weighted by Gasteiger charge is -2.03. The van der Waals surface area contributed by atoms with E-state index >= 15 is 0 Å². The molecule has 7 aromatic carbocycles. The minimum atomic E-state index is -0.307. The molecule has 0 bridgehead atoms. The van der Waals surface area contributed by atoms with Crippen molar-refractivity contribution in [1.82, 2.24) is 0 Å². The summed E-state index contributed by atoms with van der Waals surface area (Å²) in [5, 5.41) is 27.1. The fourth-order valence-electron chi connectivity index (χ4n) is 5.66. The van der Waals surface area contributed by atoms with Gasteiger partial charge < -0.3 is 0 Å². The monoisotopic (exact) mass is 518 g/mol. The van der Waals surface area contributed by atoms with Crippen LogP contribution in [0.15, 0.2) is 107 Å². The van der Waals surface area contributed by atoms with E-state index in [0.717, 1.165) is 65.3 Å². The fourth-order valence-corrected chi connectivity index (χ4v) is 5.66. The summed E-state index contributed by atoms with van der Waals surface area (Å²) in [7, 11) is 0. The zero-order chi connectivity index (χ0) is 27.4. The van der Waals surface area contributed by atoms with E-state index < -0.39 is 0 Å². The molecule has 0 unspecified atom stereocenters. The van der Waals surface area contributed by atoms with E-state index in [0.29, 0.717) is 10.7 Å². The first kappa shape index (κ1) is 23.4. The van der Waals surface area contributed by atoms with Gasteiger partial charge in [0.2, 0.25) is 12.4 Å². The van der Waals surface area contributed by atoms with Gasteiger partial charge in [-0.3, -0.25) is 0 Å². The maximum absolute atomic E-state index is 13.5. The summed E-state index contributed by atoms with van der Waals surface area (Å²) in [5.41, 5.74) is 3.48. The number of nitrogens with zero attached hydrogens (tertiary/aromatic N) is 4. The van der Waals surface area contributed by atoms with Crippen molar-refractivity contribution >= 4 is 43.1 Å². The summed E-state index contributed by atoms with van der Waals surface area (Å²) in [6, 6.07) is 28.4. The molecule has 0 amide bonds. The van der Waals surface area contributed by atoms with Gasteiger partial charge in [0.15, 0.2) is 0 Å². The Kier molecular flexibility index (Phi) is 5.23. The van der Waals surface area contributed by atoms with Crippen LogP contribution >= 0.6 is 0 Å². The van der Waals surface area contributed by atoms with Gasteiger partial charge in [0, 0.05) is 21.5 Å². The van der Waals surface area contributed by atoms with Crippen LogP contribution in [0.5, 0.6) is 0 Å². The van der Waals surface area contributed by atoms with Crippen LogP contribution in [0.3, 0.4) is 0 Å². The van der Waals surface area contributed by atoms with E-state index in [4.69, 9.17) is 0 Å². The second-order valence-corrected chi connectivity index (χ2v) is 9.60. The molecule has 0 heterocycles. The van der Waals surface area contributed by atoms with Crippen molar-refractivity contribution in [3.8, 4) is 34.6 Å². The van der Waals surface area contributed by atoms with E-state index in [9.17, 15) is 19.3 Å². The quantitative estimate of drug-likeness (QED) is 0.222. The number of nitriles is 2. The Morgan fingerprint density at radius 1 is 0.400 bits per heavy atom. The molecule has 0 spiro atoms. The minimum absolute atomic E-state index is 0.307. The molecule has 0 fully saturated rings. The van der Waals surface area contributed by atoms with Crippen LogP contribution in [0.25, 0.3) is 65.3 Å². The Bertz CT molecular complexity index is 2180. The molecular weight excluding hydrogens is 502 g/mol. The smallest absolute Gasteiger partial charge is 0.206 e. The third-order valence-corrected chi connectivity index (χ3v) is 7.48. The Labute approximate surface area is 226 Å². The molecule has 4 nitrogen and oxygen atoms in total. The summed E-state index contributed by atoms with van der Waals surface area (Å²) in [6.07, 6.45) is 3.88. The zero-order valence-corrected chi connectivity index (χ0v) is 20.8. The van der Waals surface area contributed by atoms with E-state index in [1.165, 1.54) is 24.3 Å². The first-order chi connectivity index (χ1) is 19.6. The molecule has 0 aliphatic carbocycles. The van der Waals surface area contributed by atoms with Gasteiger partial charge in [-0.2, -0.15) is 20.5 Å². The molecule has 7 rings (SSSR count). The van der Waals surface area contributed by atoms with E-state index in [1.807, 2.05) is 54.9 Å². The van der Waals surface area contributed by atoms with Crippen molar-refractivity contribution < 1.29 is 8.78 Å². The van der Waals surface area contributed by atoms with E-state index in [-0.39, 0.29) is 11.6 Å². The third-order valence-electron chi connectivity index (χ3n) is 7.48. The summed E-state index contributed by atoms with van der Waals surface area (Å²) in [4.78, 5) is 8.38. The Hall–Kier alpha value is -5.72. The van der Waals surface area contributed by atoms with Crippen molar-refractivity contribution in [2.75, 3.05) is 0 Å². The molecule has 6 heteroatoms. The molecule has 0 N–H and O–H groups in total. The van der Waals surface area contributed by atoms with Crippen LogP contribution in [0.1, 0.15) is 0 Å². The predicted molar refractivity (Wildman–Crippen MR) is 152 cm³/mol. The predicted octanol–water partition coefficient (Wildman–Crippen LogP) is 7.55. The minimum Gasteiger partial charge on any atom is -0.207 e. The summed E-state index contributed by atoms with van der Waals surface area (Å²) in [6.45, 7) is 0. The standard InChI is InChI=1S/C34H16F2N4/c35-23-7-1-19(2-8-23)21-5-11-25-27-15-28-26-12-6-22(20-3-9-24(36)10-4-20)14-30(26)34(40-18-38)32(28)16-31(27)33(39-17-37)29(25)13-21/h1-16H. The lowest BCUT2D eigenvalue weighted by atomic mass is 10.0. The van der Waals surface area contributed by atoms with Crippen LogP contribution in [-0.2, 0) is 0 Å². The molecule has 0 aliphatic heterocycles. The molecule has 0 atom stereocenters. The number of rotatable bonds is 2. The van der Waals surface area contributed by atoms with Crippen molar-refractivity contribution in [3.63, 3.8) is 0 Å². The van der Waals surface area contributed by atoms with Crippen molar-refractivity contribution in [3.05, 3.63) is 119 Å². The Balaban J connectivity index is 1.54. The van der Waals surface area contributed by atoms with Gasteiger partial charge in [-0.25, -0.2) is 8.78 Å². The topological polar surface area (TPSA) is 72.3 Å². The second kappa shape index (κ2) is 8.94. The van der Waals surface area contributed by atoms with Crippen LogP contribution in [0.2, 0.25) is 0 Å². The molecule has 0 saturated heterocycles. The third kappa shape index (κ3) is 3.55. The number of hydrogen-bond donors (Lipinski definition) is 0. The molecule has 0 aromatic heterocycles. The van der Waals surface area contributed by atoms with E-state index in [1.54, 1.807) is 24.3 Å². The highest BCUT2D eigenvalue weighted by Crippen LogP contribution is 2.35. The van der Waals surface area contributed by atoms with Crippen LogP contribution in [0, 0.1) is 34.5 Å². The lowest BCUT2D eigenvalue weighted by molar-refractivity contribution is 0.627. The number of benzene rings is 5. The van der Waals surface area contributed by atoms with Crippen LogP contribution in [0.4, 0.5) is 8.78 Å². The average Bonchev–Trinajstić information content (AvgIpc) is 3.44. The highest BCUT2D eigenvalue weighted by Gasteiger charge is 2.16.